The Morgan fingerprint density at radius 2 is 1.81 bits per heavy atom. The summed E-state index contributed by atoms with van der Waals surface area (Å²) in [6, 6.07) is 7.85. The van der Waals surface area contributed by atoms with E-state index in [1.54, 1.807) is 23.4 Å². The fraction of sp³-hybridized carbons (Fsp3) is 0.300. The van der Waals surface area contributed by atoms with E-state index in [-0.39, 0.29) is 5.91 Å². The zero-order valence-corrected chi connectivity index (χ0v) is 15.5. The standard InChI is InChI=1S/C20H22N6O/c1-14-5-6-16(15(2)9-14)24-20(27)17-11-26(13-23-17)19-10-18(21-12-22-19)25-7-3-4-8-25/h5-6,9-13H,3-4,7-8H2,1-2H3,(H,24,27). The van der Waals surface area contributed by atoms with Crippen LogP contribution in [0, 0.1) is 13.8 Å². The van der Waals surface area contributed by atoms with Crippen molar-refractivity contribution in [1.82, 2.24) is 19.5 Å². The van der Waals surface area contributed by atoms with Crippen molar-refractivity contribution in [2.24, 2.45) is 0 Å². The normalized spacial score (nSPS) is 13.8. The van der Waals surface area contributed by atoms with Crippen molar-refractivity contribution in [1.29, 1.82) is 0 Å². The molecule has 3 aromatic rings. The second-order valence-corrected chi connectivity index (χ2v) is 6.87. The summed E-state index contributed by atoms with van der Waals surface area (Å²) in [4.78, 5) is 27.7. The molecule has 0 spiro atoms. The van der Waals surface area contributed by atoms with Gasteiger partial charge in [0.15, 0.2) is 0 Å². The molecule has 0 atom stereocenters. The van der Waals surface area contributed by atoms with Gasteiger partial charge in [0.2, 0.25) is 0 Å². The molecule has 1 aliphatic heterocycles. The van der Waals surface area contributed by atoms with Crippen molar-refractivity contribution in [3.63, 3.8) is 0 Å². The number of hydrogen-bond acceptors (Lipinski definition) is 5. The maximum absolute atomic E-state index is 12.5. The van der Waals surface area contributed by atoms with E-state index in [0.717, 1.165) is 35.7 Å². The van der Waals surface area contributed by atoms with Crippen molar-refractivity contribution in [2.45, 2.75) is 26.7 Å². The molecule has 1 amide bonds. The molecule has 4 rings (SSSR count). The average molecular weight is 362 g/mol. The molecule has 7 heteroatoms. The molecule has 0 radical (unpaired) electrons. The number of hydrogen-bond donors (Lipinski definition) is 1. The number of aryl methyl sites for hydroxylation is 2. The fourth-order valence-electron chi connectivity index (χ4n) is 3.30. The summed E-state index contributed by atoms with van der Waals surface area (Å²) in [5, 5.41) is 2.92. The highest BCUT2D eigenvalue weighted by atomic mass is 16.1. The van der Waals surface area contributed by atoms with Gasteiger partial charge < -0.3 is 10.2 Å². The molecule has 0 saturated carbocycles. The first-order valence-electron chi connectivity index (χ1n) is 9.10. The van der Waals surface area contributed by atoms with E-state index in [1.165, 1.54) is 12.8 Å². The maximum Gasteiger partial charge on any atom is 0.275 e. The van der Waals surface area contributed by atoms with Crippen molar-refractivity contribution in [2.75, 3.05) is 23.3 Å². The van der Waals surface area contributed by atoms with Crippen LogP contribution in [0.4, 0.5) is 11.5 Å². The highest BCUT2D eigenvalue weighted by Gasteiger charge is 2.16. The number of carbonyl (C=O) groups excluding carboxylic acids is 1. The summed E-state index contributed by atoms with van der Waals surface area (Å²) < 4.78 is 1.75. The number of nitrogens with zero attached hydrogens (tertiary/aromatic N) is 5. The SMILES string of the molecule is Cc1ccc(NC(=O)c2cn(-c3cc(N4CCCC4)ncn3)cn2)c(C)c1. The van der Waals surface area contributed by atoms with Crippen LogP contribution >= 0.6 is 0 Å². The molecule has 0 unspecified atom stereocenters. The van der Waals surface area contributed by atoms with E-state index in [1.807, 2.05) is 38.1 Å². The van der Waals surface area contributed by atoms with Gasteiger partial charge in [-0.15, -0.1) is 0 Å². The number of benzene rings is 1. The van der Waals surface area contributed by atoms with Gasteiger partial charge in [0.1, 0.15) is 30.0 Å². The van der Waals surface area contributed by atoms with E-state index >= 15 is 0 Å². The third kappa shape index (κ3) is 3.67. The minimum absolute atomic E-state index is 0.241. The molecule has 138 valence electrons. The predicted molar refractivity (Wildman–Crippen MR) is 104 cm³/mol. The van der Waals surface area contributed by atoms with E-state index in [0.29, 0.717) is 11.5 Å². The molecule has 2 aromatic heterocycles. The van der Waals surface area contributed by atoms with Crippen LogP contribution < -0.4 is 10.2 Å². The third-order valence-corrected chi connectivity index (χ3v) is 4.78. The molecule has 1 aromatic carbocycles. The highest BCUT2D eigenvalue weighted by molar-refractivity contribution is 6.03. The quantitative estimate of drug-likeness (QED) is 0.772. The summed E-state index contributed by atoms with van der Waals surface area (Å²) in [7, 11) is 0. The molecule has 1 N–H and O–H groups in total. The minimum Gasteiger partial charge on any atom is -0.356 e. The number of anilines is 2. The Hall–Kier alpha value is -3.22. The molecule has 27 heavy (non-hydrogen) atoms. The molecule has 1 aliphatic rings. The zero-order valence-electron chi connectivity index (χ0n) is 15.5. The van der Waals surface area contributed by atoms with Crippen LogP contribution in [0.5, 0.6) is 0 Å². The molecule has 0 bridgehead atoms. The molecule has 7 nitrogen and oxygen atoms in total. The van der Waals surface area contributed by atoms with Crippen LogP contribution in [0.15, 0.2) is 43.1 Å². The topological polar surface area (TPSA) is 75.9 Å². The summed E-state index contributed by atoms with van der Waals surface area (Å²) in [6.45, 7) is 6.04. The van der Waals surface area contributed by atoms with E-state index in [9.17, 15) is 4.79 Å². The Labute approximate surface area is 158 Å². The number of nitrogens with one attached hydrogen (secondary N) is 1. The monoisotopic (exact) mass is 362 g/mol. The van der Waals surface area contributed by atoms with Gasteiger partial charge in [0.05, 0.1) is 0 Å². The minimum atomic E-state index is -0.241. The first-order valence-corrected chi connectivity index (χ1v) is 9.10. The van der Waals surface area contributed by atoms with E-state index in [4.69, 9.17) is 0 Å². The van der Waals surface area contributed by atoms with E-state index in [2.05, 4.69) is 25.2 Å². The van der Waals surface area contributed by atoms with Gasteiger partial charge in [0, 0.05) is 31.0 Å². The lowest BCUT2D eigenvalue weighted by atomic mass is 10.1. The lowest BCUT2D eigenvalue weighted by molar-refractivity contribution is 0.102. The molecule has 3 heterocycles. The lowest BCUT2D eigenvalue weighted by Crippen LogP contribution is -2.19. The number of aromatic nitrogens is 4. The molecule has 1 fully saturated rings. The van der Waals surface area contributed by atoms with Gasteiger partial charge in [-0.05, 0) is 38.3 Å². The van der Waals surface area contributed by atoms with Crippen molar-refractivity contribution in [3.8, 4) is 5.82 Å². The van der Waals surface area contributed by atoms with Gasteiger partial charge in [0.25, 0.3) is 5.91 Å². The Kier molecular flexibility index (Phi) is 4.58. The van der Waals surface area contributed by atoms with Crippen LogP contribution in [0.25, 0.3) is 5.82 Å². The number of amides is 1. The second kappa shape index (κ2) is 7.19. The van der Waals surface area contributed by atoms with Crippen LogP contribution in [0.1, 0.15) is 34.5 Å². The van der Waals surface area contributed by atoms with Crippen LogP contribution in [-0.4, -0.2) is 38.5 Å². The number of rotatable bonds is 4. The van der Waals surface area contributed by atoms with Gasteiger partial charge in [-0.25, -0.2) is 15.0 Å². The van der Waals surface area contributed by atoms with Crippen molar-refractivity contribution >= 4 is 17.4 Å². The molecule has 1 saturated heterocycles. The first kappa shape index (κ1) is 17.2. The Morgan fingerprint density at radius 1 is 1.04 bits per heavy atom. The third-order valence-electron chi connectivity index (χ3n) is 4.78. The Morgan fingerprint density at radius 3 is 2.59 bits per heavy atom. The first-order chi connectivity index (χ1) is 13.1. The smallest absolute Gasteiger partial charge is 0.275 e. The summed E-state index contributed by atoms with van der Waals surface area (Å²) in [5.74, 6) is 1.37. The second-order valence-electron chi connectivity index (χ2n) is 6.87. The fourth-order valence-corrected chi connectivity index (χ4v) is 3.30. The summed E-state index contributed by atoms with van der Waals surface area (Å²) >= 11 is 0. The van der Waals surface area contributed by atoms with Gasteiger partial charge in [-0.1, -0.05) is 17.7 Å². The van der Waals surface area contributed by atoms with Crippen LogP contribution in [0.2, 0.25) is 0 Å². The largest absolute Gasteiger partial charge is 0.356 e. The average Bonchev–Trinajstić information content (AvgIpc) is 3.36. The van der Waals surface area contributed by atoms with E-state index < -0.39 is 0 Å². The van der Waals surface area contributed by atoms with Crippen LogP contribution in [0.3, 0.4) is 0 Å². The maximum atomic E-state index is 12.5. The predicted octanol–water partition coefficient (Wildman–Crippen LogP) is 3.13. The van der Waals surface area contributed by atoms with Crippen LogP contribution in [-0.2, 0) is 0 Å². The van der Waals surface area contributed by atoms with Gasteiger partial charge in [-0.2, -0.15) is 0 Å². The highest BCUT2D eigenvalue weighted by Crippen LogP contribution is 2.20. The van der Waals surface area contributed by atoms with Crippen molar-refractivity contribution in [3.05, 3.63) is 59.9 Å². The lowest BCUT2D eigenvalue weighted by Gasteiger charge is -2.16. The molecule has 0 aliphatic carbocycles. The Balaban J connectivity index is 1.53. The molecular weight excluding hydrogens is 340 g/mol. The summed E-state index contributed by atoms with van der Waals surface area (Å²) in [5.41, 5.74) is 3.32. The number of carbonyl (C=O) groups is 1. The molecular formula is C20H22N6O. The van der Waals surface area contributed by atoms with Gasteiger partial charge in [-0.3, -0.25) is 9.36 Å². The zero-order chi connectivity index (χ0) is 18.8. The summed E-state index contributed by atoms with van der Waals surface area (Å²) in [6.07, 6.45) is 7.22. The number of imidazole rings is 1. The Bertz CT molecular complexity index is 974. The van der Waals surface area contributed by atoms with Crippen molar-refractivity contribution < 1.29 is 4.79 Å². The van der Waals surface area contributed by atoms with Gasteiger partial charge >= 0.3 is 0 Å².